The number of nitrogens with one attached hydrogen (secondary N) is 1. The van der Waals surface area contributed by atoms with Gasteiger partial charge in [0, 0.05) is 6.54 Å². The molecule has 10 N–H and O–H groups in total. The minimum absolute atomic E-state index is 0.145. The molecule has 0 bridgehead atoms. The van der Waals surface area contributed by atoms with E-state index in [1.54, 1.807) is 0 Å². The van der Waals surface area contributed by atoms with Gasteiger partial charge in [-0.2, -0.15) is 0 Å². The Morgan fingerprint density at radius 2 is 1.67 bits per heavy atom. The van der Waals surface area contributed by atoms with Crippen molar-refractivity contribution in [2.75, 3.05) is 6.54 Å². The summed E-state index contributed by atoms with van der Waals surface area (Å²) in [6.07, 6.45) is -1.48. The molecule has 0 spiro atoms. The zero-order valence-corrected chi connectivity index (χ0v) is 9.57. The van der Waals surface area contributed by atoms with Crippen LogP contribution in [0.5, 0.6) is 0 Å². The fourth-order valence-corrected chi connectivity index (χ4v) is 0.719. The number of urea groups is 1. The lowest BCUT2D eigenvalue weighted by molar-refractivity contribution is -0.138. The van der Waals surface area contributed by atoms with Crippen molar-refractivity contribution in [3.63, 3.8) is 0 Å². The van der Waals surface area contributed by atoms with Gasteiger partial charge in [-0.05, 0) is 12.8 Å². The highest BCUT2D eigenvalue weighted by Crippen LogP contribution is 1.98. The van der Waals surface area contributed by atoms with Crippen LogP contribution in [0, 0.1) is 0 Å². The molecule has 10 nitrogen and oxygen atoms in total. The summed E-state index contributed by atoms with van der Waals surface area (Å²) in [6, 6.07) is -1.95. The van der Waals surface area contributed by atoms with Gasteiger partial charge < -0.3 is 32.5 Å². The molecule has 2 unspecified atom stereocenters. The van der Waals surface area contributed by atoms with E-state index < -0.39 is 30.2 Å². The SMILES string of the molecule is NC(=O)NC(=O)O.NCC(O)CCC(N)C(=O)O. The highest BCUT2D eigenvalue weighted by molar-refractivity contribution is 5.88. The number of hydrogen-bond acceptors (Lipinski definition) is 6. The van der Waals surface area contributed by atoms with Gasteiger partial charge in [-0.15, -0.1) is 0 Å². The zero-order chi connectivity index (χ0) is 14.7. The Balaban J connectivity index is 0. The zero-order valence-electron chi connectivity index (χ0n) is 9.57. The number of imide groups is 1. The predicted octanol–water partition coefficient (Wildman–Crippen LogP) is -2.17. The average Bonchev–Trinajstić information content (AvgIpc) is 2.23. The van der Waals surface area contributed by atoms with Gasteiger partial charge in [0.15, 0.2) is 0 Å². The topological polar surface area (TPSA) is 202 Å². The van der Waals surface area contributed by atoms with E-state index in [9.17, 15) is 14.4 Å². The molecule has 0 rings (SSSR count). The fourth-order valence-electron chi connectivity index (χ4n) is 0.719. The fraction of sp³-hybridized carbons (Fsp3) is 0.625. The van der Waals surface area contributed by atoms with Crippen LogP contribution in [0.1, 0.15) is 12.8 Å². The smallest absolute Gasteiger partial charge is 0.412 e. The number of hydrogen-bond donors (Lipinski definition) is 7. The van der Waals surface area contributed by atoms with E-state index in [1.807, 2.05) is 0 Å². The molecule has 0 aliphatic carbocycles. The second-order valence-corrected chi connectivity index (χ2v) is 3.21. The maximum absolute atomic E-state index is 10.2. The number of nitrogens with two attached hydrogens (primary N) is 3. The Morgan fingerprint density at radius 3 is 1.89 bits per heavy atom. The van der Waals surface area contributed by atoms with Crippen molar-refractivity contribution < 1.29 is 29.7 Å². The van der Waals surface area contributed by atoms with Gasteiger partial charge in [0.2, 0.25) is 0 Å². The first-order chi connectivity index (χ1) is 8.20. The second-order valence-electron chi connectivity index (χ2n) is 3.21. The number of aliphatic hydroxyl groups is 1. The lowest BCUT2D eigenvalue weighted by Crippen LogP contribution is -2.33. The van der Waals surface area contributed by atoms with Gasteiger partial charge in [-0.25, -0.2) is 14.9 Å². The number of primary amides is 1. The van der Waals surface area contributed by atoms with Crippen molar-refractivity contribution in [1.82, 2.24) is 5.32 Å². The molecule has 18 heavy (non-hydrogen) atoms. The number of carbonyl (C=O) groups excluding carboxylic acids is 1. The van der Waals surface area contributed by atoms with Gasteiger partial charge >= 0.3 is 18.1 Å². The Bertz CT molecular complexity index is 273. The van der Waals surface area contributed by atoms with Gasteiger partial charge in [0.25, 0.3) is 0 Å². The van der Waals surface area contributed by atoms with Crippen LogP contribution in [-0.4, -0.2) is 52.1 Å². The van der Waals surface area contributed by atoms with Crippen LogP contribution in [0.2, 0.25) is 0 Å². The summed E-state index contributed by atoms with van der Waals surface area (Å²) in [5, 5.41) is 26.3. The molecule has 0 aliphatic heterocycles. The van der Waals surface area contributed by atoms with E-state index in [4.69, 9.17) is 26.8 Å². The summed E-state index contributed by atoms with van der Waals surface area (Å²) in [5.74, 6) is -1.05. The van der Waals surface area contributed by atoms with Crippen molar-refractivity contribution in [2.45, 2.75) is 25.0 Å². The van der Waals surface area contributed by atoms with Crippen LogP contribution in [-0.2, 0) is 4.79 Å². The largest absolute Gasteiger partial charge is 0.480 e. The summed E-state index contributed by atoms with van der Waals surface area (Å²) in [4.78, 5) is 29.1. The van der Waals surface area contributed by atoms with E-state index >= 15 is 0 Å². The number of carboxylic acid groups (broad SMARTS) is 2. The molecule has 0 saturated carbocycles. The molecule has 0 heterocycles. The minimum Gasteiger partial charge on any atom is -0.480 e. The maximum Gasteiger partial charge on any atom is 0.412 e. The van der Waals surface area contributed by atoms with Crippen molar-refractivity contribution in [3.8, 4) is 0 Å². The number of aliphatic hydroxyl groups excluding tert-OH is 1. The summed E-state index contributed by atoms with van der Waals surface area (Å²) in [5.41, 5.74) is 14.6. The van der Waals surface area contributed by atoms with Crippen molar-refractivity contribution in [1.29, 1.82) is 0 Å². The number of carbonyl (C=O) groups is 3. The van der Waals surface area contributed by atoms with Gasteiger partial charge in [-0.1, -0.05) is 0 Å². The molecule has 0 radical (unpaired) electrons. The summed E-state index contributed by atoms with van der Waals surface area (Å²) in [7, 11) is 0. The Morgan fingerprint density at radius 1 is 1.17 bits per heavy atom. The molecular formula is C8H18N4O6. The number of rotatable bonds is 5. The van der Waals surface area contributed by atoms with Gasteiger partial charge in [-0.3, -0.25) is 4.79 Å². The summed E-state index contributed by atoms with van der Waals surface area (Å²) >= 11 is 0. The third-order valence-electron chi connectivity index (χ3n) is 1.63. The van der Waals surface area contributed by atoms with E-state index in [-0.39, 0.29) is 13.0 Å². The monoisotopic (exact) mass is 266 g/mol. The molecule has 0 aliphatic rings. The quantitative estimate of drug-likeness (QED) is 0.291. The van der Waals surface area contributed by atoms with Crippen molar-refractivity contribution in [2.24, 2.45) is 17.2 Å². The third-order valence-corrected chi connectivity index (χ3v) is 1.63. The van der Waals surface area contributed by atoms with Crippen LogP contribution in [0.25, 0.3) is 0 Å². The third kappa shape index (κ3) is 14.1. The highest BCUT2D eigenvalue weighted by atomic mass is 16.4. The van der Waals surface area contributed by atoms with E-state index in [0.29, 0.717) is 6.42 Å². The van der Waals surface area contributed by atoms with Crippen molar-refractivity contribution in [3.05, 3.63) is 0 Å². The Hall–Kier alpha value is -1.91. The molecule has 10 heteroatoms. The maximum atomic E-state index is 10.2. The summed E-state index contributed by atoms with van der Waals surface area (Å²) in [6.45, 7) is 0.145. The highest BCUT2D eigenvalue weighted by Gasteiger charge is 2.12. The Kier molecular flexibility index (Phi) is 10.5. The Labute approximate surface area is 103 Å². The minimum atomic E-state index is -1.44. The molecule has 3 amide bonds. The molecule has 106 valence electrons. The first kappa shape index (κ1) is 18.5. The first-order valence-electron chi connectivity index (χ1n) is 4.86. The first-order valence-corrected chi connectivity index (χ1v) is 4.86. The van der Waals surface area contributed by atoms with Crippen LogP contribution < -0.4 is 22.5 Å². The lowest BCUT2D eigenvalue weighted by Gasteiger charge is -2.09. The molecule has 0 aromatic heterocycles. The molecule has 0 fully saturated rings. The molecular weight excluding hydrogens is 248 g/mol. The molecule has 0 aromatic carbocycles. The normalized spacial score (nSPS) is 12.6. The second kappa shape index (κ2) is 10.3. The summed E-state index contributed by atoms with van der Waals surface area (Å²) < 4.78 is 0. The van der Waals surface area contributed by atoms with Crippen LogP contribution in [0.15, 0.2) is 0 Å². The van der Waals surface area contributed by atoms with Crippen LogP contribution >= 0.6 is 0 Å². The number of amides is 3. The number of aliphatic carboxylic acids is 1. The molecule has 0 saturated heterocycles. The molecule has 0 aromatic rings. The van der Waals surface area contributed by atoms with E-state index in [2.05, 4.69) is 5.73 Å². The van der Waals surface area contributed by atoms with E-state index in [0.717, 1.165) is 0 Å². The van der Waals surface area contributed by atoms with Crippen LogP contribution in [0.3, 0.4) is 0 Å². The van der Waals surface area contributed by atoms with Crippen molar-refractivity contribution >= 4 is 18.1 Å². The predicted molar refractivity (Wildman–Crippen MR) is 60.7 cm³/mol. The van der Waals surface area contributed by atoms with Gasteiger partial charge in [0.1, 0.15) is 6.04 Å². The average molecular weight is 266 g/mol. The number of carboxylic acids is 1. The van der Waals surface area contributed by atoms with E-state index in [1.165, 1.54) is 5.32 Å². The lowest BCUT2D eigenvalue weighted by atomic mass is 10.1. The standard InChI is InChI=1S/C6H14N2O3.C2H4N2O3/c7-3-4(9)1-2-5(8)6(10)11;3-1(5)4-2(6)7/h4-5,9H,1-3,7-8H2,(H,10,11);(H,6,7)(H3,3,4,5). The molecule has 2 atom stereocenters. The van der Waals surface area contributed by atoms with Gasteiger partial charge in [0.05, 0.1) is 6.10 Å². The van der Waals surface area contributed by atoms with Crippen LogP contribution in [0.4, 0.5) is 9.59 Å².